The average molecular weight is 547 g/mol. The van der Waals surface area contributed by atoms with Gasteiger partial charge in [0.25, 0.3) is 0 Å². The average Bonchev–Trinajstić information content (AvgIpc) is 2.80. The van der Waals surface area contributed by atoms with Crippen molar-refractivity contribution in [1.82, 2.24) is 16.0 Å². The minimum Gasteiger partial charge on any atom is -0.481 e. The van der Waals surface area contributed by atoms with E-state index in [-0.39, 0.29) is 38.2 Å². The van der Waals surface area contributed by atoms with Gasteiger partial charge in [-0.2, -0.15) is 0 Å². The maximum atomic E-state index is 12.9. The zero-order valence-corrected chi connectivity index (χ0v) is 20.4. The largest absolute Gasteiger partial charge is 0.481 e. The van der Waals surface area contributed by atoms with E-state index in [1.807, 2.05) is 5.32 Å². The van der Waals surface area contributed by atoms with Gasteiger partial charge in [-0.25, -0.2) is 4.79 Å². The predicted octanol–water partition coefficient (Wildman–Crippen LogP) is -4.49. The van der Waals surface area contributed by atoms with Crippen LogP contribution in [0.25, 0.3) is 0 Å². The summed E-state index contributed by atoms with van der Waals surface area (Å²) in [6, 6.07) is -6.04. The summed E-state index contributed by atoms with van der Waals surface area (Å²) in [5.74, 6) is -8.41. The fourth-order valence-electron chi connectivity index (χ4n) is 2.93. The minimum absolute atomic E-state index is 0.0542. The number of primary amides is 1. The Bertz CT molecular complexity index is 921. The van der Waals surface area contributed by atoms with Gasteiger partial charge in [0, 0.05) is 19.4 Å². The van der Waals surface area contributed by atoms with Gasteiger partial charge in [-0.05, 0) is 25.7 Å². The third kappa shape index (κ3) is 14.8. The van der Waals surface area contributed by atoms with Gasteiger partial charge in [0.1, 0.15) is 18.1 Å². The summed E-state index contributed by atoms with van der Waals surface area (Å²) >= 11 is 0. The third-order valence-electron chi connectivity index (χ3n) is 4.89. The Balaban J connectivity index is 5.65. The molecule has 0 saturated heterocycles. The molecule has 0 rings (SSSR count). The molecular formula is C20H34N8O10. The summed E-state index contributed by atoms with van der Waals surface area (Å²) in [5, 5.41) is 33.6. The Labute approximate surface area is 216 Å². The second-order valence-electron chi connectivity index (χ2n) is 8.11. The van der Waals surface area contributed by atoms with Crippen LogP contribution in [0.3, 0.4) is 0 Å². The molecule has 0 spiro atoms. The molecule has 0 heterocycles. The van der Waals surface area contributed by atoms with Crippen molar-refractivity contribution in [3.8, 4) is 0 Å². The number of aliphatic carboxylic acids is 3. The number of carboxylic acid groups (broad SMARTS) is 3. The second kappa shape index (κ2) is 17.1. The molecule has 0 bridgehead atoms. The monoisotopic (exact) mass is 546 g/mol. The summed E-state index contributed by atoms with van der Waals surface area (Å²) in [6.45, 7) is 0.0542. The van der Waals surface area contributed by atoms with E-state index in [0.717, 1.165) is 0 Å². The molecule has 18 nitrogen and oxygen atoms in total. The van der Waals surface area contributed by atoms with Crippen LogP contribution in [0.5, 0.6) is 0 Å². The maximum absolute atomic E-state index is 12.9. The van der Waals surface area contributed by atoms with Crippen molar-refractivity contribution in [2.24, 2.45) is 27.9 Å². The molecule has 0 aliphatic rings. The highest BCUT2D eigenvalue weighted by molar-refractivity contribution is 5.95. The molecule has 38 heavy (non-hydrogen) atoms. The van der Waals surface area contributed by atoms with Crippen molar-refractivity contribution >= 4 is 47.5 Å². The number of aliphatic imine (C=N–C) groups is 1. The highest BCUT2D eigenvalue weighted by Gasteiger charge is 2.31. The van der Waals surface area contributed by atoms with Gasteiger partial charge in [0.2, 0.25) is 23.6 Å². The van der Waals surface area contributed by atoms with E-state index >= 15 is 0 Å². The van der Waals surface area contributed by atoms with E-state index in [9.17, 15) is 38.7 Å². The van der Waals surface area contributed by atoms with E-state index in [0.29, 0.717) is 0 Å². The normalized spacial score (nSPS) is 13.6. The molecule has 14 N–H and O–H groups in total. The lowest BCUT2D eigenvalue weighted by molar-refractivity contribution is -0.144. The van der Waals surface area contributed by atoms with Gasteiger partial charge in [-0.1, -0.05) is 0 Å². The number of carbonyl (C=O) groups excluding carboxylic acids is 4. The van der Waals surface area contributed by atoms with Crippen LogP contribution in [-0.4, -0.2) is 93.5 Å². The highest BCUT2D eigenvalue weighted by atomic mass is 16.4. The first-order valence-corrected chi connectivity index (χ1v) is 11.3. The smallest absolute Gasteiger partial charge is 0.326 e. The zero-order valence-electron chi connectivity index (χ0n) is 20.4. The number of carbonyl (C=O) groups is 7. The van der Waals surface area contributed by atoms with Gasteiger partial charge in [-0.3, -0.25) is 33.8 Å². The maximum Gasteiger partial charge on any atom is 0.326 e. The number of hydrogen-bond acceptors (Lipinski definition) is 9. The topological polar surface area (TPSA) is 333 Å². The number of amides is 4. The van der Waals surface area contributed by atoms with Crippen molar-refractivity contribution in [3.05, 3.63) is 0 Å². The molecule has 18 heteroatoms. The van der Waals surface area contributed by atoms with Crippen LogP contribution in [0.1, 0.15) is 44.9 Å². The zero-order chi connectivity index (χ0) is 29.4. The van der Waals surface area contributed by atoms with E-state index in [1.165, 1.54) is 0 Å². The minimum atomic E-state index is -1.78. The molecule has 0 saturated carbocycles. The molecule has 0 radical (unpaired) electrons. The third-order valence-corrected chi connectivity index (χ3v) is 4.89. The summed E-state index contributed by atoms with van der Waals surface area (Å²) in [4.78, 5) is 86.0. The van der Waals surface area contributed by atoms with Crippen LogP contribution in [0.15, 0.2) is 4.99 Å². The number of nitrogens with zero attached hydrogens (tertiary/aromatic N) is 1. The van der Waals surface area contributed by atoms with Crippen LogP contribution in [0.2, 0.25) is 0 Å². The van der Waals surface area contributed by atoms with Crippen LogP contribution >= 0.6 is 0 Å². The molecule has 0 aliphatic heterocycles. The summed E-state index contributed by atoms with van der Waals surface area (Å²) in [5.41, 5.74) is 21.2. The number of nitrogens with one attached hydrogen (secondary N) is 3. The molecule has 4 unspecified atom stereocenters. The predicted molar refractivity (Wildman–Crippen MR) is 129 cm³/mol. The van der Waals surface area contributed by atoms with Crippen molar-refractivity contribution in [1.29, 1.82) is 0 Å². The van der Waals surface area contributed by atoms with Crippen molar-refractivity contribution in [2.45, 2.75) is 69.1 Å². The fourth-order valence-corrected chi connectivity index (χ4v) is 2.93. The Hall–Kier alpha value is -4.48. The van der Waals surface area contributed by atoms with Crippen molar-refractivity contribution in [3.63, 3.8) is 0 Å². The number of guanidine groups is 1. The van der Waals surface area contributed by atoms with E-state index in [1.54, 1.807) is 0 Å². The standard InChI is InChI=1S/C20H34N8O10/c21-9(3-5-13(22)29)16(34)26-10(2-1-7-25-20(23)24)17(35)28-12(8-15(32)33)18(36)27-11(19(37)38)4-6-14(30)31/h9-12H,1-8,21H2,(H2,22,29)(H,26,34)(H,27,36)(H,28,35)(H,30,31)(H,32,33)(H,37,38)(H4,23,24,25). The van der Waals surface area contributed by atoms with Crippen molar-refractivity contribution < 1.29 is 48.9 Å². The molecule has 214 valence electrons. The lowest BCUT2D eigenvalue weighted by Crippen LogP contribution is -2.57. The highest BCUT2D eigenvalue weighted by Crippen LogP contribution is 2.05. The van der Waals surface area contributed by atoms with Gasteiger partial charge in [0.15, 0.2) is 5.96 Å². The Morgan fingerprint density at radius 3 is 1.74 bits per heavy atom. The van der Waals surface area contributed by atoms with Gasteiger partial charge in [-0.15, -0.1) is 0 Å². The van der Waals surface area contributed by atoms with E-state index in [4.69, 9.17) is 33.1 Å². The lowest BCUT2D eigenvalue weighted by atomic mass is 10.1. The first-order valence-electron chi connectivity index (χ1n) is 11.3. The molecule has 0 aliphatic carbocycles. The molecular weight excluding hydrogens is 512 g/mol. The number of nitrogens with two attached hydrogens (primary N) is 4. The Morgan fingerprint density at radius 2 is 1.24 bits per heavy atom. The quantitative estimate of drug-likeness (QED) is 0.0415. The lowest BCUT2D eigenvalue weighted by Gasteiger charge is -2.24. The SMILES string of the molecule is NC(=O)CCC(N)C(=O)NC(CCCN=C(N)N)C(=O)NC(CC(=O)O)C(=O)NC(CCC(=O)O)C(=O)O. The number of hydrogen-bond donors (Lipinski definition) is 10. The fraction of sp³-hybridized carbons (Fsp3) is 0.600. The summed E-state index contributed by atoms with van der Waals surface area (Å²) < 4.78 is 0. The van der Waals surface area contributed by atoms with Crippen LogP contribution in [0.4, 0.5) is 0 Å². The second-order valence-corrected chi connectivity index (χ2v) is 8.11. The van der Waals surface area contributed by atoms with Crippen LogP contribution in [0, 0.1) is 0 Å². The summed E-state index contributed by atoms with van der Waals surface area (Å²) in [7, 11) is 0. The van der Waals surface area contributed by atoms with E-state index < -0.39 is 85.0 Å². The van der Waals surface area contributed by atoms with Gasteiger partial charge in [0.05, 0.1) is 12.5 Å². The first-order chi connectivity index (χ1) is 17.6. The first kappa shape index (κ1) is 33.5. The van der Waals surface area contributed by atoms with E-state index in [2.05, 4.69) is 15.6 Å². The number of carboxylic acids is 3. The molecule has 0 aromatic heterocycles. The number of rotatable bonds is 19. The van der Waals surface area contributed by atoms with Gasteiger partial charge >= 0.3 is 17.9 Å². The molecule has 0 aromatic rings. The Morgan fingerprint density at radius 1 is 0.684 bits per heavy atom. The summed E-state index contributed by atoms with van der Waals surface area (Å²) in [6.07, 6.45) is -2.34. The van der Waals surface area contributed by atoms with Crippen LogP contribution in [-0.2, 0) is 33.6 Å². The van der Waals surface area contributed by atoms with Gasteiger partial charge < -0.3 is 54.2 Å². The molecule has 0 aromatic carbocycles. The van der Waals surface area contributed by atoms with Crippen LogP contribution < -0.4 is 38.9 Å². The molecule has 4 amide bonds. The van der Waals surface area contributed by atoms with Crippen molar-refractivity contribution in [2.75, 3.05) is 6.54 Å². The Kier molecular flexibility index (Phi) is 15.0. The molecule has 4 atom stereocenters. The molecule has 0 fully saturated rings.